The minimum absolute atomic E-state index is 0.159. The highest BCUT2D eigenvalue weighted by Crippen LogP contribution is 2.49. The highest BCUT2D eigenvalue weighted by atomic mass is 79.9. The fraction of sp³-hybridized carbons (Fsp3) is 0.455. The molecule has 1 aliphatic rings. The third-order valence-electron chi connectivity index (χ3n) is 2.92. The molecule has 76 valence electrons. The molecule has 1 aromatic carbocycles. The maximum absolute atomic E-state index is 6.14. The molecule has 0 saturated carbocycles. The first-order valence-electron chi connectivity index (χ1n) is 4.67. The molecule has 0 aliphatic heterocycles. The van der Waals surface area contributed by atoms with Crippen LogP contribution in [-0.4, -0.2) is 0 Å². The summed E-state index contributed by atoms with van der Waals surface area (Å²) in [6.07, 6.45) is 1.02. The van der Waals surface area contributed by atoms with Gasteiger partial charge in [0.2, 0.25) is 0 Å². The highest BCUT2D eigenvalue weighted by Gasteiger charge is 2.37. The molecule has 1 atom stereocenters. The van der Waals surface area contributed by atoms with Gasteiger partial charge in [0.25, 0.3) is 0 Å². The Morgan fingerprint density at radius 3 is 2.43 bits per heavy atom. The molecule has 2 N–H and O–H groups in total. The van der Waals surface area contributed by atoms with Crippen molar-refractivity contribution in [3.63, 3.8) is 0 Å². The van der Waals surface area contributed by atoms with Gasteiger partial charge in [-0.05, 0) is 35.1 Å². The molecule has 0 spiro atoms. The van der Waals surface area contributed by atoms with E-state index in [1.165, 1.54) is 15.6 Å². The summed E-state index contributed by atoms with van der Waals surface area (Å²) in [5.41, 5.74) is 8.95. The van der Waals surface area contributed by atoms with E-state index in [1.54, 1.807) is 0 Å². The van der Waals surface area contributed by atoms with Crippen molar-refractivity contribution in [3.8, 4) is 0 Å². The van der Waals surface area contributed by atoms with Gasteiger partial charge < -0.3 is 5.73 Å². The standard InChI is InChI=1S/C11H13Br2N/c1-11(2)5-8(14)9-6(12)3-4-7(13)10(9)11/h3-4,8H,5,14H2,1-2H3/t8-/m0/s1. The molecule has 1 nitrogen and oxygen atoms in total. The molecule has 0 saturated heterocycles. The normalized spacial score (nSPS) is 23.6. The van der Waals surface area contributed by atoms with Crippen LogP contribution in [0.15, 0.2) is 21.1 Å². The van der Waals surface area contributed by atoms with E-state index in [-0.39, 0.29) is 11.5 Å². The minimum Gasteiger partial charge on any atom is -0.324 e. The lowest BCUT2D eigenvalue weighted by Crippen LogP contribution is -2.14. The van der Waals surface area contributed by atoms with Crippen LogP contribution in [-0.2, 0) is 5.41 Å². The molecule has 3 heteroatoms. The van der Waals surface area contributed by atoms with E-state index in [1.807, 2.05) is 0 Å². The molecule has 0 fully saturated rings. The molecule has 1 aromatic rings. The monoisotopic (exact) mass is 317 g/mol. The first kappa shape index (κ1) is 10.7. The van der Waals surface area contributed by atoms with Crippen molar-refractivity contribution >= 4 is 31.9 Å². The summed E-state index contributed by atoms with van der Waals surface area (Å²) in [4.78, 5) is 0. The Kier molecular flexibility index (Phi) is 2.53. The Balaban J connectivity index is 2.73. The second-order valence-electron chi connectivity index (χ2n) is 4.51. The molecule has 0 heterocycles. The summed E-state index contributed by atoms with van der Waals surface area (Å²) in [6.45, 7) is 4.49. The fourth-order valence-corrected chi connectivity index (χ4v) is 3.88. The second-order valence-corrected chi connectivity index (χ2v) is 6.22. The van der Waals surface area contributed by atoms with Gasteiger partial charge in [-0.2, -0.15) is 0 Å². The maximum atomic E-state index is 6.14. The molecule has 0 radical (unpaired) electrons. The van der Waals surface area contributed by atoms with Gasteiger partial charge in [-0.1, -0.05) is 45.7 Å². The van der Waals surface area contributed by atoms with Gasteiger partial charge in [0, 0.05) is 15.0 Å². The lowest BCUT2D eigenvalue weighted by molar-refractivity contribution is 0.480. The smallest absolute Gasteiger partial charge is 0.0317 e. The number of fused-ring (bicyclic) bond motifs is 1. The zero-order chi connectivity index (χ0) is 10.5. The average molecular weight is 319 g/mol. The van der Waals surface area contributed by atoms with Crippen LogP contribution in [0, 0.1) is 0 Å². The summed E-state index contributed by atoms with van der Waals surface area (Å²) in [7, 11) is 0. The number of rotatable bonds is 0. The maximum Gasteiger partial charge on any atom is 0.0317 e. The van der Waals surface area contributed by atoms with Crippen LogP contribution in [0.2, 0.25) is 0 Å². The van der Waals surface area contributed by atoms with Gasteiger partial charge in [0.15, 0.2) is 0 Å². The van der Waals surface area contributed by atoms with E-state index in [2.05, 4.69) is 57.8 Å². The fourth-order valence-electron chi connectivity index (χ4n) is 2.37. The molecule has 0 aromatic heterocycles. The van der Waals surface area contributed by atoms with Crippen molar-refractivity contribution in [1.29, 1.82) is 0 Å². The third-order valence-corrected chi connectivity index (χ3v) is 4.27. The number of benzene rings is 1. The quantitative estimate of drug-likeness (QED) is 0.771. The van der Waals surface area contributed by atoms with E-state index >= 15 is 0 Å². The van der Waals surface area contributed by atoms with Crippen LogP contribution in [0.3, 0.4) is 0 Å². The van der Waals surface area contributed by atoms with Crippen molar-refractivity contribution in [1.82, 2.24) is 0 Å². The lowest BCUT2D eigenvalue weighted by Gasteiger charge is -2.20. The molecule has 14 heavy (non-hydrogen) atoms. The molecule has 1 aliphatic carbocycles. The van der Waals surface area contributed by atoms with Gasteiger partial charge in [0.05, 0.1) is 0 Å². The minimum atomic E-state index is 0.159. The lowest BCUT2D eigenvalue weighted by atomic mass is 9.86. The first-order chi connectivity index (χ1) is 6.43. The summed E-state index contributed by atoms with van der Waals surface area (Å²) in [6, 6.07) is 4.30. The first-order valence-corrected chi connectivity index (χ1v) is 6.26. The van der Waals surface area contributed by atoms with Gasteiger partial charge in [-0.3, -0.25) is 0 Å². The Hall–Kier alpha value is 0.140. The predicted molar refractivity (Wildman–Crippen MR) is 66.4 cm³/mol. The van der Waals surface area contributed by atoms with E-state index in [0.717, 1.165) is 10.9 Å². The van der Waals surface area contributed by atoms with Gasteiger partial charge >= 0.3 is 0 Å². The number of nitrogens with two attached hydrogens (primary N) is 1. The second kappa shape index (κ2) is 3.32. The Labute approximate surface area is 101 Å². The number of hydrogen-bond acceptors (Lipinski definition) is 1. The zero-order valence-corrected chi connectivity index (χ0v) is 11.4. The zero-order valence-electron chi connectivity index (χ0n) is 8.27. The van der Waals surface area contributed by atoms with Crippen molar-refractivity contribution in [2.24, 2.45) is 5.73 Å². The molecule has 0 unspecified atom stereocenters. The van der Waals surface area contributed by atoms with Crippen LogP contribution in [0.25, 0.3) is 0 Å². The van der Waals surface area contributed by atoms with Crippen LogP contribution in [0.5, 0.6) is 0 Å². The van der Waals surface area contributed by atoms with E-state index in [9.17, 15) is 0 Å². The van der Waals surface area contributed by atoms with Crippen molar-refractivity contribution in [3.05, 3.63) is 32.2 Å². The highest BCUT2D eigenvalue weighted by molar-refractivity contribution is 9.11. The molecular formula is C11H13Br2N. The summed E-state index contributed by atoms with van der Waals surface area (Å²) in [5, 5.41) is 0. The third kappa shape index (κ3) is 1.46. The van der Waals surface area contributed by atoms with Crippen molar-refractivity contribution in [2.45, 2.75) is 31.7 Å². The van der Waals surface area contributed by atoms with Gasteiger partial charge in [-0.25, -0.2) is 0 Å². The van der Waals surface area contributed by atoms with Crippen molar-refractivity contribution in [2.75, 3.05) is 0 Å². The topological polar surface area (TPSA) is 26.0 Å². The Morgan fingerprint density at radius 2 is 1.86 bits per heavy atom. The largest absolute Gasteiger partial charge is 0.324 e. The molecule has 2 rings (SSSR count). The van der Waals surface area contributed by atoms with Crippen molar-refractivity contribution < 1.29 is 0 Å². The van der Waals surface area contributed by atoms with Gasteiger partial charge in [-0.15, -0.1) is 0 Å². The Morgan fingerprint density at radius 1 is 1.29 bits per heavy atom. The van der Waals surface area contributed by atoms with Gasteiger partial charge in [0.1, 0.15) is 0 Å². The van der Waals surface area contributed by atoms with E-state index < -0.39 is 0 Å². The number of hydrogen-bond donors (Lipinski definition) is 1. The SMILES string of the molecule is CC1(C)C[C@H](N)c2c(Br)ccc(Br)c21. The average Bonchev–Trinajstić information content (AvgIpc) is 2.30. The van der Waals surface area contributed by atoms with Crippen LogP contribution >= 0.6 is 31.9 Å². The van der Waals surface area contributed by atoms with E-state index in [0.29, 0.717) is 0 Å². The van der Waals surface area contributed by atoms with Crippen LogP contribution < -0.4 is 5.73 Å². The molecule has 0 bridgehead atoms. The summed E-state index contributed by atoms with van der Waals surface area (Å²) in [5.74, 6) is 0. The van der Waals surface area contributed by atoms with E-state index in [4.69, 9.17) is 5.73 Å². The molecular weight excluding hydrogens is 306 g/mol. The molecule has 0 amide bonds. The van der Waals surface area contributed by atoms with Crippen LogP contribution in [0.1, 0.15) is 37.4 Å². The summed E-state index contributed by atoms with van der Waals surface area (Å²) >= 11 is 7.18. The predicted octanol–water partition coefficient (Wildman–Crippen LogP) is 3.89. The number of halogens is 2. The Bertz CT molecular complexity index is 385. The summed E-state index contributed by atoms with van der Waals surface area (Å²) < 4.78 is 2.31. The van der Waals surface area contributed by atoms with Crippen LogP contribution in [0.4, 0.5) is 0 Å².